The molecule has 1 atom stereocenters. The van der Waals surface area contributed by atoms with Crippen LogP contribution in [0.4, 0.5) is 0 Å². The Balaban J connectivity index is 1.33. The molecule has 5 heteroatoms. The third-order valence-corrected chi connectivity index (χ3v) is 7.67. The van der Waals surface area contributed by atoms with Crippen molar-refractivity contribution < 1.29 is 18.9 Å². The molecule has 2 aliphatic rings. The van der Waals surface area contributed by atoms with Crippen molar-refractivity contribution in [2.75, 3.05) is 20.8 Å². The standard InChI is InChI=1S/C33H33NO4/c1-35-30-14-13-25-17-29-27-19-32(38-22-24-11-7-4-8-12-24)31(37-21-23-9-5-3-6-10-23)18-26(27)15-16-34(29)20-28(25)33(30)36-2/h3-14,18-19,29H,15-17,20-22H2,1-2H3. The van der Waals surface area contributed by atoms with Gasteiger partial charge in [-0.3, -0.25) is 4.90 Å². The highest BCUT2D eigenvalue weighted by molar-refractivity contribution is 5.55. The second-order valence-electron chi connectivity index (χ2n) is 9.93. The van der Waals surface area contributed by atoms with Gasteiger partial charge >= 0.3 is 0 Å². The Morgan fingerprint density at radius 1 is 0.711 bits per heavy atom. The predicted molar refractivity (Wildman–Crippen MR) is 148 cm³/mol. The van der Waals surface area contributed by atoms with E-state index in [-0.39, 0.29) is 6.04 Å². The lowest BCUT2D eigenvalue weighted by Gasteiger charge is -2.42. The number of methoxy groups -OCH3 is 2. The third-order valence-electron chi connectivity index (χ3n) is 7.67. The largest absolute Gasteiger partial charge is 0.493 e. The minimum absolute atomic E-state index is 0.284. The van der Waals surface area contributed by atoms with E-state index >= 15 is 0 Å². The van der Waals surface area contributed by atoms with Crippen LogP contribution in [0.25, 0.3) is 0 Å². The molecule has 0 spiro atoms. The minimum Gasteiger partial charge on any atom is -0.493 e. The molecule has 194 valence electrons. The van der Waals surface area contributed by atoms with E-state index in [1.54, 1.807) is 14.2 Å². The number of ether oxygens (including phenoxy) is 4. The second-order valence-corrected chi connectivity index (χ2v) is 9.93. The fraction of sp³-hybridized carbons (Fsp3) is 0.273. The summed E-state index contributed by atoms with van der Waals surface area (Å²) < 4.78 is 24.1. The van der Waals surface area contributed by atoms with E-state index in [1.165, 1.54) is 22.3 Å². The molecule has 0 saturated heterocycles. The molecule has 4 aromatic carbocycles. The Bertz CT molecular complexity index is 1400. The van der Waals surface area contributed by atoms with Crippen molar-refractivity contribution in [3.05, 3.63) is 118 Å². The van der Waals surface area contributed by atoms with E-state index in [0.717, 1.165) is 60.1 Å². The van der Waals surface area contributed by atoms with E-state index in [0.29, 0.717) is 13.2 Å². The number of hydrogen-bond acceptors (Lipinski definition) is 5. The molecule has 4 aromatic rings. The quantitative estimate of drug-likeness (QED) is 0.272. The van der Waals surface area contributed by atoms with Crippen LogP contribution in [-0.4, -0.2) is 25.7 Å². The fourth-order valence-corrected chi connectivity index (χ4v) is 5.69. The number of rotatable bonds is 8. The highest BCUT2D eigenvalue weighted by atomic mass is 16.5. The lowest BCUT2D eigenvalue weighted by Crippen LogP contribution is -2.39. The Morgan fingerprint density at radius 2 is 1.37 bits per heavy atom. The molecule has 2 heterocycles. The molecule has 0 radical (unpaired) electrons. The Morgan fingerprint density at radius 3 is 2.00 bits per heavy atom. The number of benzene rings is 4. The van der Waals surface area contributed by atoms with Gasteiger partial charge in [-0.15, -0.1) is 0 Å². The molecule has 0 saturated carbocycles. The van der Waals surface area contributed by atoms with Gasteiger partial charge in [-0.25, -0.2) is 0 Å². The normalized spacial score (nSPS) is 16.1. The summed E-state index contributed by atoms with van der Waals surface area (Å²) in [5.74, 6) is 3.24. The first kappa shape index (κ1) is 24.4. The molecule has 0 bridgehead atoms. The van der Waals surface area contributed by atoms with Gasteiger partial charge in [0.25, 0.3) is 0 Å². The maximum absolute atomic E-state index is 6.41. The maximum atomic E-state index is 6.41. The summed E-state index contributed by atoms with van der Waals surface area (Å²) in [6, 6.07) is 29.5. The van der Waals surface area contributed by atoms with Gasteiger partial charge in [0.1, 0.15) is 13.2 Å². The summed E-state index contributed by atoms with van der Waals surface area (Å²) in [5, 5.41) is 0. The lowest BCUT2D eigenvalue weighted by atomic mass is 9.83. The van der Waals surface area contributed by atoms with E-state index in [9.17, 15) is 0 Å². The van der Waals surface area contributed by atoms with Gasteiger partial charge in [-0.05, 0) is 58.9 Å². The van der Waals surface area contributed by atoms with Crippen LogP contribution in [0.2, 0.25) is 0 Å². The first-order valence-corrected chi connectivity index (χ1v) is 13.2. The summed E-state index contributed by atoms with van der Waals surface area (Å²) in [6.45, 7) is 2.83. The molecule has 38 heavy (non-hydrogen) atoms. The highest BCUT2D eigenvalue weighted by Crippen LogP contribution is 2.46. The average Bonchev–Trinajstić information content (AvgIpc) is 2.98. The number of nitrogens with zero attached hydrogens (tertiary/aromatic N) is 1. The third kappa shape index (κ3) is 4.82. The van der Waals surface area contributed by atoms with Gasteiger partial charge in [-0.1, -0.05) is 66.7 Å². The minimum atomic E-state index is 0.284. The molecular formula is C33H33NO4. The van der Waals surface area contributed by atoms with Gasteiger partial charge in [0.15, 0.2) is 23.0 Å². The summed E-state index contributed by atoms with van der Waals surface area (Å²) in [7, 11) is 3.42. The van der Waals surface area contributed by atoms with Crippen LogP contribution in [-0.2, 0) is 32.6 Å². The zero-order valence-corrected chi connectivity index (χ0v) is 22.0. The van der Waals surface area contributed by atoms with Crippen LogP contribution in [0, 0.1) is 0 Å². The monoisotopic (exact) mass is 507 g/mol. The Hall–Kier alpha value is -3.96. The summed E-state index contributed by atoms with van der Waals surface area (Å²) in [6.07, 6.45) is 1.89. The summed E-state index contributed by atoms with van der Waals surface area (Å²) >= 11 is 0. The van der Waals surface area contributed by atoms with Crippen molar-refractivity contribution in [2.45, 2.75) is 38.6 Å². The molecule has 0 aromatic heterocycles. The van der Waals surface area contributed by atoms with Crippen molar-refractivity contribution >= 4 is 0 Å². The van der Waals surface area contributed by atoms with Crippen LogP contribution in [0.5, 0.6) is 23.0 Å². The molecule has 6 rings (SSSR count). The topological polar surface area (TPSA) is 40.2 Å². The molecule has 0 fully saturated rings. The fourth-order valence-electron chi connectivity index (χ4n) is 5.69. The molecule has 0 N–H and O–H groups in total. The zero-order chi connectivity index (χ0) is 25.9. The second kappa shape index (κ2) is 10.8. The molecular weight excluding hydrogens is 474 g/mol. The maximum Gasteiger partial charge on any atom is 0.165 e. The van der Waals surface area contributed by atoms with Crippen molar-refractivity contribution in [1.82, 2.24) is 4.90 Å². The number of hydrogen-bond donors (Lipinski definition) is 0. The average molecular weight is 508 g/mol. The van der Waals surface area contributed by atoms with E-state index in [4.69, 9.17) is 18.9 Å². The predicted octanol–water partition coefficient (Wildman–Crippen LogP) is 6.52. The first-order chi connectivity index (χ1) is 18.7. The van der Waals surface area contributed by atoms with Gasteiger partial charge in [0.05, 0.1) is 14.2 Å². The molecule has 0 amide bonds. The van der Waals surface area contributed by atoms with E-state index < -0.39 is 0 Å². The van der Waals surface area contributed by atoms with Crippen molar-refractivity contribution in [3.63, 3.8) is 0 Å². The van der Waals surface area contributed by atoms with E-state index in [2.05, 4.69) is 47.4 Å². The van der Waals surface area contributed by atoms with Gasteiger partial charge in [-0.2, -0.15) is 0 Å². The van der Waals surface area contributed by atoms with Crippen molar-refractivity contribution in [1.29, 1.82) is 0 Å². The number of fused-ring (bicyclic) bond motifs is 4. The Labute approximate surface area is 224 Å². The SMILES string of the molecule is COc1ccc2c(c1OC)CN1CCc3cc(OCc4ccccc4)c(OCc4ccccc4)cc3C1C2. The molecule has 0 aliphatic carbocycles. The smallest absolute Gasteiger partial charge is 0.165 e. The van der Waals surface area contributed by atoms with Crippen LogP contribution in [0.1, 0.15) is 39.4 Å². The van der Waals surface area contributed by atoms with Crippen LogP contribution >= 0.6 is 0 Å². The molecule has 1 unspecified atom stereocenters. The highest BCUT2D eigenvalue weighted by Gasteiger charge is 2.35. The van der Waals surface area contributed by atoms with Crippen LogP contribution < -0.4 is 18.9 Å². The molecule has 2 aliphatic heterocycles. The van der Waals surface area contributed by atoms with Crippen LogP contribution in [0.3, 0.4) is 0 Å². The lowest BCUT2D eigenvalue weighted by molar-refractivity contribution is 0.156. The Kier molecular flexibility index (Phi) is 6.93. The summed E-state index contributed by atoms with van der Waals surface area (Å²) in [4.78, 5) is 2.55. The van der Waals surface area contributed by atoms with Gasteiger partial charge in [0.2, 0.25) is 0 Å². The first-order valence-electron chi connectivity index (χ1n) is 13.2. The zero-order valence-electron chi connectivity index (χ0n) is 22.0. The summed E-state index contributed by atoms with van der Waals surface area (Å²) in [5.41, 5.74) is 7.48. The molecule has 5 nitrogen and oxygen atoms in total. The van der Waals surface area contributed by atoms with E-state index in [1.807, 2.05) is 42.5 Å². The van der Waals surface area contributed by atoms with Crippen LogP contribution in [0.15, 0.2) is 84.9 Å². The van der Waals surface area contributed by atoms with Crippen molar-refractivity contribution in [3.8, 4) is 23.0 Å². The van der Waals surface area contributed by atoms with Crippen molar-refractivity contribution in [2.24, 2.45) is 0 Å². The van der Waals surface area contributed by atoms with Gasteiger partial charge in [0, 0.05) is 24.7 Å². The van der Waals surface area contributed by atoms with Gasteiger partial charge < -0.3 is 18.9 Å².